The molecule has 2 aliphatic heterocycles. The molecular weight excluding hydrogens is 352 g/mol. The van der Waals surface area contributed by atoms with E-state index in [0.29, 0.717) is 34.8 Å². The molecule has 0 unspecified atom stereocenters. The molecule has 2 saturated heterocycles. The number of nitrogens with one attached hydrogen (secondary N) is 1. The minimum atomic E-state index is -0.111. The maximum absolute atomic E-state index is 12.8. The minimum absolute atomic E-state index is 0.111. The largest absolute Gasteiger partial charge is 0.352 e. The first-order valence-electron chi connectivity index (χ1n) is 9.27. The zero-order valence-corrected chi connectivity index (χ0v) is 15.4. The summed E-state index contributed by atoms with van der Waals surface area (Å²) in [7, 11) is 0. The van der Waals surface area contributed by atoms with Crippen LogP contribution in [0.4, 0.5) is 0 Å². The summed E-state index contributed by atoms with van der Waals surface area (Å²) in [6, 6.07) is 5.76. The van der Waals surface area contributed by atoms with Gasteiger partial charge in [0.05, 0.1) is 11.3 Å². The summed E-state index contributed by atoms with van der Waals surface area (Å²) >= 11 is 6.09. The van der Waals surface area contributed by atoms with Crippen molar-refractivity contribution < 1.29 is 4.79 Å². The summed E-state index contributed by atoms with van der Waals surface area (Å²) < 4.78 is 1.46. The summed E-state index contributed by atoms with van der Waals surface area (Å²) in [4.78, 5) is 15.4. The number of rotatable bonds is 4. The van der Waals surface area contributed by atoms with Gasteiger partial charge in [-0.05, 0) is 73.3 Å². The van der Waals surface area contributed by atoms with Gasteiger partial charge in [-0.15, -0.1) is 5.10 Å². The van der Waals surface area contributed by atoms with Gasteiger partial charge in [0.15, 0.2) is 0 Å². The molecule has 26 heavy (non-hydrogen) atoms. The van der Waals surface area contributed by atoms with Crippen molar-refractivity contribution in [2.24, 2.45) is 5.92 Å². The van der Waals surface area contributed by atoms with Gasteiger partial charge in [0.1, 0.15) is 6.33 Å². The van der Waals surface area contributed by atoms with Gasteiger partial charge in [0.25, 0.3) is 5.91 Å². The van der Waals surface area contributed by atoms with Crippen molar-refractivity contribution >= 4 is 17.5 Å². The summed E-state index contributed by atoms with van der Waals surface area (Å²) in [5, 5.41) is 14.8. The van der Waals surface area contributed by atoms with Gasteiger partial charge in [-0.1, -0.05) is 18.0 Å². The molecule has 2 aromatic rings. The van der Waals surface area contributed by atoms with E-state index in [0.717, 1.165) is 0 Å². The van der Waals surface area contributed by atoms with Crippen LogP contribution in [0.5, 0.6) is 0 Å². The zero-order valence-electron chi connectivity index (χ0n) is 14.6. The lowest BCUT2D eigenvalue weighted by Gasteiger charge is -2.44. The van der Waals surface area contributed by atoms with Crippen LogP contribution in [0.3, 0.4) is 0 Å². The van der Waals surface area contributed by atoms with Crippen LogP contribution in [0, 0.1) is 5.92 Å². The molecule has 0 bridgehead atoms. The molecule has 2 aliphatic rings. The normalized spacial score (nSPS) is 23.4. The number of piperidine rings is 2. The maximum atomic E-state index is 12.8. The Balaban J connectivity index is 1.47. The Bertz CT molecular complexity index is 763. The van der Waals surface area contributed by atoms with E-state index in [4.69, 9.17) is 11.6 Å². The number of halogens is 1. The fourth-order valence-electron chi connectivity index (χ4n) is 4.29. The number of amides is 1. The first-order valence-corrected chi connectivity index (χ1v) is 9.65. The third kappa shape index (κ3) is 3.59. The van der Waals surface area contributed by atoms with E-state index in [-0.39, 0.29) is 5.91 Å². The van der Waals surface area contributed by atoms with E-state index in [1.54, 1.807) is 18.2 Å². The highest BCUT2D eigenvalue weighted by atomic mass is 35.5. The fourth-order valence-corrected chi connectivity index (χ4v) is 4.46. The third-order valence-electron chi connectivity index (χ3n) is 5.55. The highest BCUT2D eigenvalue weighted by Crippen LogP contribution is 2.30. The standard InChI is InChI=1S/C18H23ClN6O/c19-14-6-7-15(17(10-14)25-12-21-22-23-25)18(26)20-11-13-4-3-9-24-8-2-1-5-16(13)24/h6-7,10,12-13,16H,1-5,8-9,11H2,(H,20,26)/t13-,16+/m0/s1. The van der Waals surface area contributed by atoms with Crippen molar-refractivity contribution in [2.45, 2.75) is 38.1 Å². The van der Waals surface area contributed by atoms with E-state index in [1.165, 1.54) is 56.2 Å². The van der Waals surface area contributed by atoms with Crippen molar-refractivity contribution in [1.82, 2.24) is 30.4 Å². The van der Waals surface area contributed by atoms with Crippen LogP contribution < -0.4 is 5.32 Å². The second kappa shape index (κ2) is 7.72. The average Bonchev–Trinajstić information content (AvgIpc) is 3.20. The molecule has 1 N–H and O–H groups in total. The van der Waals surface area contributed by atoms with E-state index in [2.05, 4.69) is 25.7 Å². The Kier molecular flexibility index (Phi) is 5.17. The molecule has 4 rings (SSSR count). The molecule has 8 heteroatoms. The first-order chi connectivity index (χ1) is 12.7. The first kappa shape index (κ1) is 17.4. The van der Waals surface area contributed by atoms with E-state index in [9.17, 15) is 4.79 Å². The molecule has 0 aliphatic carbocycles. The van der Waals surface area contributed by atoms with Crippen molar-refractivity contribution in [3.05, 3.63) is 35.1 Å². The number of aromatic nitrogens is 4. The van der Waals surface area contributed by atoms with Crippen molar-refractivity contribution in [1.29, 1.82) is 0 Å². The van der Waals surface area contributed by atoms with Crippen LogP contribution in [0.15, 0.2) is 24.5 Å². The fraction of sp³-hybridized carbons (Fsp3) is 0.556. The quantitative estimate of drug-likeness (QED) is 0.888. The second-order valence-electron chi connectivity index (χ2n) is 7.13. The van der Waals surface area contributed by atoms with Crippen molar-refractivity contribution in [3.8, 4) is 5.69 Å². The molecule has 2 fully saturated rings. The Morgan fingerprint density at radius 3 is 2.96 bits per heavy atom. The average molecular weight is 375 g/mol. The van der Waals surface area contributed by atoms with Crippen LogP contribution in [0.1, 0.15) is 42.5 Å². The van der Waals surface area contributed by atoms with Gasteiger partial charge in [-0.2, -0.15) is 4.68 Å². The van der Waals surface area contributed by atoms with Crippen LogP contribution in [-0.2, 0) is 0 Å². The topological polar surface area (TPSA) is 75.9 Å². The molecule has 1 aromatic carbocycles. The zero-order chi connectivity index (χ0) is 17.9. The molecule has 0 spiro atoms. The molecule has 3 heterocycles. The van der Waals surface area contributed by atoms with Crippen LogP contribution >= 0.6 is 11.6 Å². The maximum Gasteiger partial charge on any atom is 0.253 e. The number of carbonyl (C=O) groups is 1. The van der Waals surface area contributed by atoms with Gasteiger partial charge in [0, 0.05) is 17.6 Å². The monoisotopic (exact) mass is 374 g/mol. The molecule has 138 valence electrons. The predicted molar refractivity (Wildman–Crippen MR) is 98.4 cm³/mol. The lowest BCUT2D eigenvalue weighted by atomic mass is 9.83. The van der Waals surface area contributed by atoms with E-state index < -0.39 is 0 Å². The molecule has 1 amide bonds. The van der Waals surface area contributed by atoms with Crippen molar-refractivity contribution in [2.75, 3.05) is 19.6 Å². The van der Waals surface area contributed by atoms with Gasteiger partial charge >= 0.3 is 0 Å². The summed E-state index contributed by atoms with van der Waals surface area (Å²) in [5.41, 5.74) is 1.11. The lowest BCUT2D eigenvalue weighted by Crippen LogP contribution is -2.51. The number of hydrogen-bond acceptors (Lipinski definition) is 5. The SMILES string of the molecule is O=C(NC[C@@H]1CCCN2CCCC[C@H]12)c1ccc(Cl)cc1-n1cnnn1. The van der Waals surface area contributed by atoms with Crippen molar-refractivity contribution in [3.63, 3.8) is 0 Å². The molecular formula is C18H23ClN6O. The predicted octanol–water partition coefficient (Wildman–Crippen LogP) is 2.31. The van der Waals surface area contributed by atoms with E-state index >= 15 is 0 Å². The Labute approximate surface area is 157 Å². The Morgan fingerprint density at radius 2 is 2.12 bits per heavy atom. The van der Waals surface area contributed by atoms with Gasteiger partial charge < -0.3 is 10.2 Å². The Hall–Kier alpha value is -1.99. The molecule has 0 radical (unpaired) electrons. The van der Waals surface area contributed by atoms with Crippen LogP contribution in [0.2, 0.25) is 5.02 Å². The molecule has 2 atom stereocenters. The molecule has 1 aromatic heterocycles. The molecule has 0 saturated carbocycles. The number of nitrogens with zero attached hydrogens (tertiary/aromatic N) is 5. The van der Waals surface area contributed by atoms with E-state index in [1.807, 2.05) is 0 Å². The summed E-state index contributed by atoms with van der Waals surface area (Å²) in [6.07, 6.45) is 7.71. The van der Waals surface area contributed by atoms with Crippen LogP contribution in [-0.4, -0.2) is 56.7 Å². The third-order valence-corrected chi connectivity index (χ3v) is 5.79. The highest BCUT2D eigenvalue weighted by Gasteiger charge is 2.33. The number of hydrogen-bond donors (Lipinski definition) is 1. The lowest BCUT2D eigenvalue weighted by molar-refractivity contribution is 0.0575. The number of benzene rings is 1. The van der Waals surface area contributed by atoms with Gasteiger partial charge in [-0.25, -0.2) is 0 Å². The highest BCUT2D eigenvalue weighted by molar-refractivity contribution is 6.31. The summed E-state index contributed by atoms with van der Waals surface area (Å²) in [5.74, 6) is 0.414. The number of tetrazole rings is 1. The smallest absolute Gasteiger partial charge is 0.253 e. The number of carbonyl (C=O) groups excluding carboxylic acids is 1. The summed E-state index contributed by atoms with van der Waals surface area (Å²) in [6.45, 7) is 3.11. The van der Waals surface area contributed by atoms with Gasteiger partial charge in [-0.3, -0.25) is 4.79 Å². The second-order valence-corrected chi connectivity index (χ2v) is 7.56. The molecule has 7 nitrogen and oxygen atoms in total. The van der Waals surface area contributed by atoms with Gasteiger partial charge in [0.2, 0.25) is 0 Å². The number of fused-ring (bicyclic) bond motifs is 1. The minimum Gasteiger partial charge on any atom is -0.352 e. The Morgan fingerprint density at radius 1 is 1.23 bits per heavy atom. The van der Waals surface area contributed by atoms with Crippen LogP contribution in [0.25, 0.3) is 5.69 Å².